The lowest BCUT2D eigenvalue weighted by Gasteiger charge is -2.26. The SMILES string of the molecule is N#CC(=Cc1ccc(OCC(=O)N2CCOCC2)c(Br)c1)c1ccc(Cl)cc1. The average molecular weight is 462 g/mol. The Morgan fingerprint density at radius 2 is 1.96 bits per heavy atom. The largest absolute Gasteiger partial charge is 0.483 e. The van der Waals surface area contributed by atoms with Gasteiger partial charge in [-0.3, -0.25) is 4.79 Å². The third kappa shape index (κ3) is 5.35. The number of carbonyl (C=O) groups excluding carboxylic acids is 1. The molecule has 1 saturated heterocycles. The molecule has 1 fully saturated rings. The highest BCUT2D eigenvalue weighted by Gasteiger charge is 2.17. The van der Waals surface area contributed by atoms with Crippen LogP contribution < -0.4 is 4.74 Å². The molecule has 0 saturated carbocycles. The second kappa shape index (κ2) is 9.74. The van der Waals surface area contributed by atoms with Gasteiger partial charge in [0.25, 0.3) is 5.91 Å². The van der Waals surface area contributed by atoms with E-state index in [9.17, 15) is 10.1 Å². The van der Waals surface area contributed by atoms with Crippen LogP contribution in [0.25, 0.3) is 11.6 Å². The lowest BCUT2D eigenvalue weighted by Crippen LogP contribution is -2.43. The summed E-state index contributed by atoms with van der Waals surface area (Å²) in [4.78, 5) is 13.9. The van der Waals surface area contributed by atoms with E-state index in [1.54, 1.807) is 41.3 Å². The number of ether oxygens (including phenoxy) is 2. The van der Waals surface area contributed by atoms with Crippen molar-refractivity contribution in [3.63, 3.8) is 0 Å². The molecule has 5 nitrogen and oxygen atoms in total. The Morgan fingerprint density at radius 1 is 1.25 bits per heavy atom. The Bertz CT molecular complexity index is 916. The molecule has 1 aliphatic heterocycles. The Morgan fingerprint density at radius 3 is 2.61 bits per heavy atom. The fourth-order valence-corrected chi connectivity index (χ4v) is 3.38. The van der Waals surface area contributed by atoms with Crippen LogP contribution >= 0.6 is 27.5 Å². The van der Waals surface area contributed by atoms with E-state index in [1.807, 2.05) is 12.1 Å². The normalized spacial score (nSPS) is 14.5. The number of carbonyl (C=O) groups is 1. The molecule has 2 aromatic carbocycles. The van der Waals surface area contributed by atoms with Gasteiger partial charge >= 0.3 is 0 Å². The lowest BCUT2D eigenvalue weighted by molar-refractivity contribution is -0.137. The van der Waals surface area contributed by atoms with Gasteiger partial charge in [-0.1, -0.05) is 29.8 Å². The zero-order valence-corrected chi connectivity index (χ0v) is 17.4. The summed E-state index contributed by atoms with van der Waals surface area (Å²) >= 11 is 9.38. The minimum Gasteiger partial charge on any atom is -0.483 e. The predicted octanol–water partition coefficient (Wildman–Crippen LogP) is 4.40. The Labute approximate surface area is 177 Å². The summed E-state index contributed by atoms with van der Waals surface area (Å²) < 4.78 is 11.6. The van der Waals surface area contributed by atoms with Crippen LogP contribution in [-0.2, 0) is 9.53 Å². The first kappa shape index (κ1) is 20.4. The Balaban J connectivity index is 1.68. The number of halogens is 2. The van der Waals surface area contributed by atoms with E-state index in [0.717, 1.165) is 11.1 Å². The lowest BCUT2D eigenvalue weighted by atomic mass is 10.0. The van der Waals surface area contributed by atoms with Crippen LogP contribution in [0.1, 0.15) is 11.1 Å². The first-order chi connectivity index (χ1) is 13.6. The molecule has 0 aliphatic carbocycles. The third-order valence-electron chi connectivity index (χ3n) is 4.26. The molecule has 0 spiro atoms. The highest BCUT2D eigenvalue weighted by atomic mass is 79.9. The molecule has 0 radical (unpaired) electrons. The van der Waals surface area contributed by atoms with E-state index in [1.165, 1.54) is 0 Å². The fourth-order valence-electron chi connectivity index (χ4n) is 2.74. The summed E-state index contributed by atoms with van der Waals surface area (Å²) in [5.74, 6) is 0.512. The van der Waals surface area contributed by atoms with Crippen molar-refractivity contribution in [3.8, 4) is 11.8 Å². The van der Waals surface area contributed by atoms with E-state index >= 15 is 0 Å². The molecule has 7 heteroatoms. The summed E-state index contributed by atoms with van der Waals surface area (Å²) in [5, 5.41) is 10.1. The van der Waals surface area contributed by atoms with Gasteiger partial charge in [-0.2, -0.15) is 5.26 Å². The average Bonchev–Trinajstić information content (AvgIpc) is 2.72. The standard InChI is InChI=1S/C21H18BrClN2O3/c22-19-12-15(11-17(13-24)16-2-4-18(23)5-3-16)1-6-20(19)28-14-21(26)25-7-9-27-10-8-25/h1-6,11-12H,7-10,14H2. The Kier molecular flexibility index (Phi) is 7.10. The molecule has 144 valence electrons. The van der Waals surface area contributed by atoms with Crippen LogP contribution in [0, 0.1) is 11.3 Å². The summed E-state index contributed by atoms with van der Waals surface area (Å²) in [5.41, 5.74) is 2.16. The van der Waals surface area contributed by atoms with Crippen LogP contribution in [0.15, 0.2) is 46.9 Å². The first-order valence-electron chi connectivity index (χ1n) is 8.72. The first-order valence-corrected chi connectivity index (χ1v) is 9.89. The van der Waals surface area contributed by atoms with Crippen LogP contribution in [0.2, 0.25) is 5.02 Å². The van der Waals surface area contributed by atoms with E-state index in [0.29, 0.717) is 47.1 Å². The van der Waals surface area contributed by atoms with Crippen molar-refractivity contribution in [2.45, 2.75) is 0 Å². The highest BCUT2D eigenvalue weighted by Crippen LogP contribution is 2.28. The van der Waals surface area contributed by atoms with Crippen LogP contribution in [-0.4, -0.2) is 43.7 Å². The molecule has 0 unspecified atom stereocenters. The minimum atomic E-state index is -0.0614. The number of morpholine rings is 1. The number of nitriles is 1. The van der Waals surface area contributed by atoms with Gasteiger partial charge in [-0.25, -0.2) is 0 Å². The Hall–Kier alpha value is -2.33. The molecule has 2 aromatic rings. The molecule has 1 aliphatic rings. The van der Waals surface area contributed by atoms with Crippen molar-refractivity contribution in [2.24, 2.45) is 0 Å². The zero-order valence-electron chi connectivity index (χ0n) is 15.0. The van der Waals surface area contributed by atoms with Gasteiger partial charge < -0.3 is 14.4 Å². The van der Waals surface area contributed by atoms with Gasteiger partial charge in [0.2, 0.25) is 0 Å². The summed E-state index contributed by atoms with van der Waals surface area (Å²) in [6.45, 7) is 2.28. The highest BCUT2D eigenvalue weighted by molar-refractivity contribution is 9.10. The summed E-state index contributed by atoms with van der Waals surface area (Å²) in [6.07, 6.45) is 1.79. The maximum Gasteiger partial charge on any atom is 0.260 e. The number of hydrogen-bond donors (Lipinski definition) is 0. The van der Waals surface area contributed by atoms with Gasteiger partial charge in [-0.15, -0.1) is 0 Å². The smallest absolute Gasteiger partial charge is 0.260 e. The third-order valence-corrected chi connectivity index (χ3v) is 5.13. The van der Waals surface area contributed by atoms with Gasteiger partial charge in [0, 0.05) is 18.1 Å². The van der Waals surface area contributed by atoms with Crippen molar-refractivity contribution in [1.82, 2.24) is 4.90 Å². The molecule has 3 rings (SSSR count). The topological polar surface area (TPSA) is 62.6 Å². The van der Waals surface area contributed by atoms with Crippen molar-refractivity contribution in [1.29, 1.82) is 5.26 Å². The number of nitrogens with zero attached hydrogens (tertiary/aromatic N) is 2. The van der Waals surface area contributed by atoms with Crippen molar-refractivity contribution < 1.29 is 14.3 Å². The minimum absolute atomic E-state index is 0.0258. The molecule has 1 heterocycles. The van der Waals surface area contributed by atoms with Crippen molar-refractivity contribution in [2.75, 3.05) is 32.9 Å². The van der Waals surface area contributed by atoms with Gasteiger partial charge in [0.1, 0.15) is 5.75 Å². The second-order valence-corrected chi connectivity index (χ2v) is 7.44. The molecule has 0 N–H and O–H groups in total. The number of benzene rings is 2. The number of amides is 1. The van der Waals surface area contributed by atoms with Gasteiger partial charge in [0.05, 0.1) is 29.3 Å². The molecular weight excluding hydrogens is 444 g/mol. The van der Waals surface area contributed by atoms with Crippen LogP contribution in [0.4, 0.5) is 0 Å². The monoisotopic (exact) mass is 460 g/mol. The zero-order chi connectivity index (χ0) is 19.9. The van der Waals surface area contributed by atoms with E-state index in [-0.39, 0.29) is 12.5 Å². The van der Waals surface area contributed by atoms with Crippen LogP contribution in [0.5, 0.6) is 5.75 Å². The second-order valence-electron chi connectivity index (χ2n) is 6.15. The number of hydrogen-bond acceptors (Lipinski definition) is 4. The summed E-state index contributed by atoms with van der Waals surface area (Å²) in [6, 6.07) is 14.8. The fraction of sp³-hybridized carbons (Fsp3) is 0.238. The van der Waals surface area contributed by atoms with Gasteiger partial charge in [0.15, 0.2) is 6.61 Å². The quantitative estimate of drug-likeness (QED) is 0.489. The summed E-state index contributed by atoms with van der Waals surface area (Å²) in [7, 11) is 0. The maximum atomic E-state index is 12.2. The van der Waals surface area contributed by atoms with E-state index in [4.69, 9.17) is 21.1 Å². The number of allylic oxidation sites excluding steroid dienone is 1. The molecule has 0 bridgehead atoms. The molecule has 0 atom stereocenters. The predicted molar refractivity (Wildman–Crippen MR) is 112 cm³/mol. The number of rotatable bonds is 5. The molecule has 1 amide bonds. The molecule has 0 aromatic heterocycles. The van der Waals surface area contributed by atoms with Crippen LogP contribution in [0.3, 0.4) is 0 Å². The van der Waals surface area contributed by atoms with E-state index < -0.39 is 0 Å². The molecular formula is C21H18BrClN2O3. The van der Waals surface area contributed by atoms with Crippen molar-refractivity contribution in [3.05, 3.63) is 63.1 Å². The van der Waals surface area contributed by atoms with Crippen molar-refractivity contribution >= 4 is 45.1 Å². The maximum absolute atomic E-state index is 12.2. The van der Waals surface area contributed by atoms with E-state index in [2.05, 4.69) is 22.0 Å². The van der Waals surface area contributed by atoms with Gasteiger partial charge in [-0.05, 0) is 57.4 Å². The molecule has 28 heavy (non-hydrogen) atoms.